The number of hydrazone groups is 1. The van der Waals surface area contributed by atoms with Crippen molar-refractivity contribution in [1.29, 1.82) is 0 Å². The molecule has 1 aliphatic carbocycles. The molecule has 7 nitrogen and oxygen atoms in total. The van der Waals surface area contributed by atoms with Gasteiger partial charge in [-0.05, 0) is 50.5 Å². The molecule has 0 saturated heterocycles. The van der Waals surface area contributed by atoms with Crippen molar-refractivity contribution in [2.45, 2.75) is 26.2 Å². The molecule has 0 spiro atoms. The number of carbonyl (C=O) groups is 1. The van der Waals surface area contributed by atoms with Gasteiger partial charge in [-0.25, -0.2) is 10.1 Å². The van der Waals surface area contributed by atoms with E-state index in [4.69, 9.17) is 9.47 Å². The monoisotopic (exact) mass is 404 g/mol. The largest absolute Gasteiger partial charge is 0.492 e. The van der Waals surface area contributed by atoms with Crippen molar-refractivity contribution in [3.05, 3.63) is 71.0 Å². The summed E-state index contributed by atoms with van der Waals surface area (Å²) in [6.07, 6.45) is 4.33. The third-order valence-corrected chi connectivity index (χ3v) is 5.03. The van der Waals surface area contributed by atoms with Crippen LogP contribution in [0.1, 0.15) is 40.7 Å². The molecule has 1 aromatic heterocycles. The van der Waals surface area contributed by atoms with Crippen LogP contribution in [0, 0.1) is 0 Å². The van der Waals surface area contributed by atoms with Gasteiger partial charge in [-0.3, -0.25) is 4.79 Å². The second kappa shape index (κ2) is 8.82. The van der Waals surface area contributed by atoms with E-state index in [0.717, 1.165) is 36.2 Å². The van der Waals surface area contributed by atoms with Crippen molar-refractivity contribution in [2.24, 2.45) is 5.10 Å². The minimum atomic E-state index is -0.320. The number of hydrogen-bond acceptors (Lipinski definition) is 5. The van der Waals surface area contributed by atoms with E-state index in [9.17, 15) is 4.79 Å². The molecule has 0 radical (unpaired) electrons. The van der Waals surface area contributed by atoms with E-state index < -0.39 is 0 Å². The molecule has 7 heteroatoms. The molecular formula is C23H24N4O3. The summed E-state index contributed by atoms with van der Waals surface area (Å²) in [5, 5.41) is 8.71. The molecule has 1 aliphatic rings. The number of nitrogens with one attached hydrogen (secondary N) is 1. The van der Waals surface area contributed by atoms with Crippen LogP contribution < -0.4 is 14.9 Å². The highest BCUT2D eigenvalue weighted by Crippen LogP contribution is 2.30. The first kappa shape index (κ1) is 19.7. The van der Waals surface area contributed by atoms with Crippen LogP contribution in [0.5, 0.6) is 11.5 Å². The van der Waals surface area contributed by atoms with Gasteiger partial charge in [0.25, 0.3) is 5.91 Å². The maximum Gasteiger partial charge on any atom is 0.292 e. The molecule has 3 aromatic rings. The predicted molar refractivity (Wildman–Crippen MR) is 115 cm³/mol. The number of fused-ring (bicyclic) bond motifs is 1. The van der Waals surface area contributed by atoms with Gasteiger partial charge in [-0.2, -0.15) is 10.2 Å². The van der Waals surface area contributed by atoms with Gasteiger partial charge in [0.15, 0.2) is 17.2 Å². The zero-order valence-corrected chi connectivity index (χ0v) is 17.1. The van der Waals surface area contributed by atoms with Crippen LogP contribution >= 0.6 is 0 Å². The summed E-state index contributed by atoms with van der Waals surface area (Å²) in [4.78, 5) is 12.8. The summed E-state index contributed by atoms with van der Waals surface area (Å²) in [6, 6.07) is 15.4. The minimum absolute atomic E-state index is 0.320. The van der Waals surface area contributed by atoms with Gasteiger partial charge < -0.3 is 9.47 Å². The van der Waals surface area contributed by atoms with Crippen molar-refractivity contribution in [3.63, 3.8) is 0 Å². The van der Waals surface area contributed by atoms with Crippen LogP contribution in [0.2, 0.25) is 0 Å². The second-order valence-corrected chi connectivity index (χ2v) is 6.89. The Morgan fingerprint density at radius 3 is 2.80 bits per heavy atom. The number of carbonyl (C=O) groups excluding carboxylic acids is 1. The number of hydrogen-bond donors (Lipinski definition) is 1. The molecule has 0 atom stereocenters. The molecule has 1 heterocycles. The average Bonchev–Trinajstić information content (AvgIpc) is 3.37. The number of para-hydroxylation sites is 2. The van der Waals surface area contributed by atoms with Crippen molar-refractivity contribution in [3.8, 4) is 17.2 Å². The first-order valence-corrected chi connectivity index (χ1v) is 10.0. The summed E-state index contributed by atoms with van der Waals surface area (Å²) < 4.78 is 12.9. The number of methoxy groups -OCH3 is 1. The van der Waals surface area contributed by atoms with Gasteiger partial charge in [0.05, 0.1) is 25.6 Å². The Labute approximate surface area is 175 Å². The lowest BCUT2D eigenvalue weighted by Crippen LogP contribution is -2.20. The van der Waals surface area contributed by atoms with Gasteiger partial charge in [0, 0.05) is 16.8 Å². The quantitative estimate of drug-likeness (QED) is 0.483. The first-order valence-electron chi connectivity index (χ1n) is 10.0. The maximum absolute atomic E-state index is 12.8. The lowest BCUT2D eigenvalue weighted by molar-refractivity contribution is 0.0949. The number of benzene rings is 2. The third kappa shape index (κ3) is 3.78. The molecule has 0 bridgehead atoms. The first-order chi connectivity index (χ1) is 14.7. The molecule has 0 saturated carbocycles. The van der Waals surface area contributed by atoms with E-state index in [-0.39, 0.29) is 5.91 Å². The lowest BCUT2D eigenvalue weighted by Gasteiger charge is -2.11. The Morgan fingerprint density at radius 2 is 2.03 bits per heavy atom. The number of rotatable bonds is 7. The highest BCUT2D eigenvalue weighted by Gasteiger charge is 2.26. The Balaban J connectivity index is 1.55. The zero-order chi connectivity index (χ0) is 20.9. The Hall–Kier alpha value is -3.61. The molecule has 30 heavy (non-hydrogen) atoms. The van der Waals surface area contributed by atoms with Crippen LogP contribution in [-0.4, -0.2) is 35.6 Å². The molecular weight excluding hydrogens is 380 g/mol. The summed E-state index contributed by atoms with van der Waals surface area (Å²) >= 11 is 0. The standard InChI is InChI=1S/C23H24N4O3/c1-3-30-20-14-7-9-16(22(20)29-2)15-24-25-23(28)21-18-12-8-13-19(18)27(26-21)17-10-5-4-6-11-17/h4-7,9-11,14-15H,3,8,12-13H2,1-2H3,(H,25,28)/b24-15+. The predicted octanol–water partition coefficient (Wildman–Crippen LogP) is 3.53. The highest BCUT2D eigenvalue weighted by molar-refractivity contribution is 5.95. The van der Waals surface area contributed by atoms with Gasteiger partial charge in [-0.1, -0.05) is 24.3 Å². The fourth-order valence-electron chi connectivity index (χ4n) is 3.74. The van der Waals surface area contributed by atoms with Crippen LogP contribution in [0.4, 0.5) is 0 Å². The number of aromatic nitrogens is 2. The van der Waals surface area contributed by atoms with Crippen LogP contribution in [0.15, 0.2) is 53.6 Å². The molecule has 1 amide bonds. The molecule has 4 rings (SSSR count). The molecule has 0 fully saturated rings. The lowest BCUT2D eigenvalue weighted by atomic mass is 10.2. The topological polar surface area (TPSA) is 77.7 Å². The molecule has 0 aliphatic heterocycles. The minimum Gasteiger partial charge on any atom is -0.492 e. The molecule has 2 aromatic carbocycles. The Bertz CT molecular complexity index is 1070. The SMILES string of the molecule is CCOc1cccc(/C=N/NC(=O)c2nn(-c3ccccc3)c3c2CCC3)c1OC. The van der Waals surface area contributed by atoms with Gasteiger partial charge in [0.2, 0.25) is 0 Å². The van der Waals surface area contributed by atoms with E-state index in [1.807, 2.05) is 60.1 Å². The van der Waals surface area contributed by atoms with Crippen molar-refractivity contribution in [1.82, 2.24) is 15.2 Å². The van der Waals surface area contributed by atoms with E-state index >= 15 is 0 Å². The summed E-state index contributed by atoms with van der Waals surface area (Å²) in [5.74, 6) is 0.889. The van der Waals surface area contributed by atoms with Gasteiger partial charge in [-0.15, -0.1) is 0 Å². The average molecular weight is 404 g/mol. The van der Waals surface area contributed by atoms with E-state index in [2.05, 4.69) is 15.6 Å². The smallest absolute Gasteiger partial charge is 0.292 e. The number of amides is 1. The van der Waals surface area contributed by atoms with E-state index in [1.165, 1.54) is 0 Å². The van der Waals surface area contributed by atoms with Crippen LogP contribution in [0.25, 0.3) is 5.69 Å². The fourth-order valence-corrected chi connectivity index (χ4v) is 3.74. The Kier molecular flexibility index (Phi) is 5.79. The summed E-state index contributed by atoms with van der Waals surface area (Å²) in [5.41, 5.74) is 6.80. The summed E-state index contributed by atoms with van der Waals surface area (Å²) in [6.45, 7) is 2.44. The van der Waals surface area contributed by atoms with Crippen LogP contribution in [0.3, 0.4) is 0 Å². The highest BCUT2D eigenvalue weighted by atomic mass is 16.5. The van der Waals surface area contributed by atoms with E-state index in [1.54, 1.807) is 13.3 Å². The van der Waals surface area contributed by atoms with Crippen LogP contribution in [-0.2, 0) is 12.8 Å². The maximum atomic E-state index is 12.8. The number of ether oxygens (including phenoxy) is 2. The zero-order valence-electron chi connectivity index (χ0n) is 17.1. The third-order valence-electron chi connectivity index (χ3n) is 5.03. The van der Waals surface area contributed by atoms with Crippen molar-refractivity contribution >= 4 is 12.1 Å². The second-order valence-electron chi connectivity index (χ2n) is 6.89. The molecule has 1 N–H and O–H groups in total. The normalized spacial score (nSPS) is 12.7. The summed E-state index contributed by atoms with van der Waals surface area (Å²) in [7, 11) is 1.58. The van der Waals surface area contributed by atoms with Gasteiger partial charge in [0.1, 0.15) is 0 Å². The molecule has 154 valence electrons. The van der Waals surface area contributed by atoms with Crippen molar-refractivity contribution in [2.75, 3.05) is 13.7 Å². The van der Waals surface area contributed by atoms with Gasteiger partial charge >= 0.3 is 0 Å². The number of nitrogens with zero attached hydrogens (tertiary/aromatic N) is 3. The van der Waals surface area contributed by atoms with E-state index in [0.29, 0.717) is 29.4 Å². The Morgan fingerprint density at radius 1 is 1.20 bits per heavy atom. The fraction of sp³-hybridized carbons (Fsp3) is 0.261. The molecule has 0 unspecified atom stereocenters. The van der Waals surface area contributed by atoms with Crippen molar-refractivity contribution < 1.29 is 14.3 Å².